The summed E-state index contributed by atoms with van der Waals surface area (Å²) in [5.41, 5.74) is 1.37. The summed E-state index contributed by atoms with van der Waals surface area (Å²) in [5.74, 6) is 0.439. The van der Waals surface area contributed by atoms with Crippen molar-refractivity contribution in [2.75, 3.05) is 56.4 Å². The van der Waals surface area contributed by atoms with Crippen molar-refractivity contribution >= 4 is 27.3 Å². The number of hydrogen-bond donors (Lipinski definition) is 1. The zero-order valence-corrected chi connectivity index (χ0v) is 18.6. The van der Waals surface area contributed by atoms with Gasteiger partial charge in [-0.3, -0.25) is 9.10 Å². The second kappa shape index (κ2) is 10.7. The van der Waals surface area contributed by atoms with Crippen molar-refractivity contribution in [2.24, 2.45) is 0 Å². The predicted octanol–water partition coefficient (Wildman–Crippen LogP) is 2.11. The van der Waals surface area contributed by atoms with Crippen LogP contribution in [0.4, 0.5) is 11.4 Å². The smallest absolute Gasteiger partial charge is 0.240 e. The molecule has 9 heteroatoms. The summed E-state index contributed by atoms with van der Waals surface area (Å²) in [6, 6.07) is 14.7. The van der Waals surface area contributed by atoms with E-state index in [9.17, 15) is 13.2 Å². The Balaban J connectivity index is 1.96. The third-order valence-electron chi connectivity index (χ3n) is 4.53. The van der Waals surface area contributed by atoms with Crippen LogP contribution < -0.4 is 24.0 Å². The maximum atomic E-state index is 12.4. The number of nitrogens with one attached hydrogen (secondary N) is 1. The van der Waals surface area contributed by atoms with Gasteiger partial charge in [0.15, 0.2) is 0 Å². The first-order valence-corrected chi connectivity index (χ1v) is 11.3. The van der Waals surface area contributed by atoms with Gasteiger partial charge in [0.2, 0.25) is 15.9 Å². The highest BCUT2D eigenvalue weighted by Gasteiger charge is 2.24. The number of para-hydroxylation sites is 1. The molecule has 8 nitrogen and oxygen atoms in total. The topological polar surface area (TPSA) is 88.2 Å². The molecule has 0 bridgehead atoms. The zero-order chi connectivity index (χ0) is 22.1. The first-order valence-electron chi connectivity index (χ1n) is 9.49. The van der Waals surface area contributed by atoms with E-state index >= 15 is 0 Å². The van der Waals surface area contributed by atoms with Crippen LogP contribution in [0.3, 0.4) is 0 Å². The highest BCUT2D eigenvalue weighted by atomic mass is 32.2. The van der Waals surface area contributed by atoms with Gasteiger partial charge in [0.05, 0.1) is 26.2 Å². The molecule has 1 N–H and O–H groups in total. The molecule has 2 rings (SSSR count). The Kier molecular flexibility index (Phi) is 8.35. The maximum Gasteiger partial charge on any atom is 0.240 e. The number of ether oxygens (including phenoxy) is 2. The van der Waals surface area contributed by atoms with Crippen LogP contribution in [0.5, 0.6) is 11.5 Å². The monoisotopic (exact) mass is 435 g/mol. The Morgan fingerprint density at radius 1 is 1.07 bits per heavy atom. The van der Waals surface area contributed by atoms with Gasteiger partial charge in [-0.2, -0.15) is 0 Å². The van der Waals surface area contributed by atoms with Crippen LogP contribution in [0.2, 0.25) is 0 Å². The van der Waals surface area contributed by atoms with Crippen LogP contribution >= 0.6 is 0 Å². The van der Waals surface area contributed by atoms with Crippen molar-refractivity contribution in [2.45, 2.75) is 6.42 Å². The van der Waals surface area contributed by atoms with E-state index in [0.717, 1.165) is 29.2 Å². The fraction of sp³-hybridized carbons (Fsp3) is 0.381. The number of carbonyl (C=O) groups excluding carboxylic acids is 1. The molecule has 2 aromatic carbocycles. The Morgan fingerprint density at radius 2 is 1.77 bits per heavy atom. The number of methoxy groups -OCH3 is 2. The van der Waals surface area contributed by atoms with Crippen molar-refractivity contribution in [1.82, 2.24) is 5.32 Å². The molecule has 0 aliphatic heterocycles. The summed E-state index contributed by atoms with van der Waals surface area (Å²) >= 11 is 0. The molecule has 0 saturated heterocycles. The van der Waals surface area contributed by atoms with Gasteiger partial charge in [0, 0.05) is 31.9 Å². The quantitative estimate of drug-likeness (QED) is 0.544. The van der Waals surface area contributed by atoms with Crippen molar-refractivity contribution in [3.63, 3.8) is 0 Å². The average molecular weight is 436 g/mol. The van der Waals surface area contributed by atoms with E-state index in [4.69, 9.17) is 9.47 Å². The number of hydrogen-bond acceptors (Lipinski definition) is 6. The highest BCUT2D eigenvalue weighted by molar-refractivity contribution is 7.92. The minimum atomic E-state index is -3.70. The van der Waals surface area contributed by atoms with E-state index in [1.54, 1.807) is 18.2 Å². The molecule has 1 amide bonds. The lowest BCUT2D eigenvalue weighted by Gasteiger charge is -2.24. The van der Waals surface area contributed by atoms with E-state index in [1.165, 1.54) is 14.2 Å². The Bertz CT molecular complexity index is 935. The average Bonchev–Trinajstić information content (AvgIpc) is 2.74. The molecule has 0 fully saturated rings. The molecule has 0 aromatic heterocycles. The second-order valence-electron chi connectivity index (χ2n) is 6.77. The van der Waals surface area contributed by atoms with Crippen molar-refractivity contribution in [3.05, 3.63) is 48.5 Å². The number of sulfonamides is 1. The molecule has 0 atom stereocenters. The van der Waals surface area contributed by atoms with Crippen molar-refractivity contribution in [3.8, 4) is 11.5 Å². The minimum absolute atomic E-state index is 0.278. The molecule has 0 saturated carbocycles. The van der Waals surface area contributed by atoms with Crippen LogP contribution in [-0.2, 0) is 14.8 Å². The molecule has 2 aromatic rings. The van der Waals surface area contributed by atoms with E-state index in [1.807, 2.05) is 37.4 Å². The third-order valence-corrected chi connectivity index (χ3v) is 5.66. The number of amides is 1. The molecule has 30 heavy (non-hydrogen) atoms. The molecule has 0 spiro atoms. The van der Waals surface area contributed by atoms with Gasteiger partial charge in [-0.05, 0) is 30.7 Å². The lowest BCUT2D eigenvalue weighted by atomic mass is 10.2. The summed E-state index contributed by atoms with van der Waals surface area (Å²) < 4.78 is 36.1. The minimum Gasteiger partial charge on any atom is -0.497 e. The molecular formula is C21H29N3O5S. The molecule has 0 aliphatic carbocycles. The first kappa shape index (κ1) is 23.3. The number of carbonyl (C=O) groups is 1. The van der Waals surface area contributed by atoms with Gasteiger partial charge in [0.25, 0.3) is 0 Å². The molecule has 0 radical (unpaired) electrons. The summed E-state index contributed by atoms with van der Waals surface area (Å²) in [7, 11) is 1.22. The molecule has 0 unspecified atom stereocenters. The predicted molar refractivity (Wildman–Crippen MR) is 119 cm³/mol. The van der Waals surface area contributed by atoms with Crippen LogP contribution in [0.1, 0.15) is 6.42 Å². The standard InChI is InChI=1S/C21H29N3O5S/c1-23(17-9-6-5-7-10-17)14-8-13-22-21(25)16-24(30(4,26)27)19-12-11-18(28-2)15-20(19)29-3/h5-7,9-12,15H,8,13-14,16H2,1-4H3,(H,22,25). The van der Waals surface area contributed by atoms with E-state index in [-0.39, 0.29) is 18.1 Å². The fourth-order valence-electron chi connectivity index (χ4n) is 2.91. The van der Waals surface area contributed by atoms with Gasteiger partial charge in [0.1, 0.15) is 18.0 Å². The number of benzene rings is 2. The summed E-state index contributed by atoms with van der Waals surface area (Å²) in [4.78, 5) is 14.5. The van der Waals surface area contributed by atoms with Crippen molar-refractivity contribution in [1.29, 1.82) is 0 Å². The normalized spacial score (nSPS) is 10.9. The lowest BCUT2D eigenvalue weighted by Crippen LogP contribution is -2.41. The van der Waals surface area contributed by atoms with Gasteiger partial charge in [-0.1, -0.05) is 18.2 Å². The Morgan fingerprint density at radius 3 is 2.37 bits per heavy atom. The molecule has 0 heterocycles. The van der Waals surface area contributed by atoms with Crippen molar-refractivity contribution < 1.29 is 22.7 Å². The molecular weight excluding hydrogens is 406 g/mol. The first-order chi connectivity index (χ1) is 14.3. The summed E-state index contributed by atoms with van der Waals surface area (Å²) in [6.07, 6.45) is 1.78. The molecule has 0 aliphatic rings. The van der Waals surface area contributed by atoms with E-state index < -0.39 is 10.0 Å². The SMILES string of the molecule is COc1ccc(N(CC(=O)NCCCN(C)c2ccccc2)S(C)(=O)=O)c(OC)c1. The summed E-state index contributed by atoms with van der Waals surface area (Å²) in [6.45, 7) is 0.857. The Hall–Kier alpha value is -2.94. The maximum absolute atomic E-state index is 12.4. The number of rotatable bonds is 11. The van der Waals surface area contributed by atoms with Crippen LogP contribution in [0.25, 0.3) is 0 Å². The second-order valence-corrected chi connectivity index (χ2v) is 8.67. The van der Waals surface area contributed by atoms with Crippen LogP contribution in [0, 0.1) is 0 Å². The Labute approximate surface area is 178 Å². The third kappa shape index (κ3) is 6.55. The van der Waals surface area contributed by atoms with Gasteiger partial charge >= 0.3 is 0 Å². The number of nitrogens with zero attached hydrogens (tertiary/aromatic N) is 2. The van der Waals surface area contributed by atoms with E-state index in [2.05, 4.69) is 10.2 Å². The lowest BCUT2D eigenvalue weighted by molar-refractivity contribution is -0.119. The largest absolute Gasteiger partial charge is 0.497 e. The van der Waals surface area contributed by atoms with Gasteiger partial charge in [-0.15, -0.1) is 0 Å². The summed E-state index contributed by atoms with van der Waals surface area (Å²) in [5, 5.41) is 2.78. The van der Waals surface area contributed by atoms with E-state index in [0.29, 0.717) is 18.0 Å². The van der Waals surface area contributed by atoms with Crippen LogP contribution in [0.15, 0.2) is 48.5 Å². The zero-order valence-electron chi connectivity index (χ0n) is 17.8. The van der Waals surface area contributed by atoms with Gasteiger partial charge in [-0.25, -0.2) is 8.42 Å². The highest BCUT2D eigenvalue weighted by Crippen LogP contribution is 2.33. The fourth-order valence-corrected chi connectivity index (χ4v) is 3.77. The molecule has 164 valence electrons. The van der Waals surface area contributed by atoms with Gasteiger partial charge < -0.3 is 19.7 Å². The number of anilines is 2. The van der Waals surface area contributed by atoms with Crippen LogP contribution in [-0.4, -0.2) is 61.5 Å².